The van der Waals surface area contributed by atoms with Crippen molar-refractivity contribution in [2.45, 2.75) is 19.5 Å². The molecule has 0 aliphatic carbocycles. The molecule has 5 rings (SSSR count). The van der Waals surface area contributed by atoms with Gasteiger partial charge in [-0.1, -0.05) is 6.07 Å². The van der Waals surface area contributed by atoms with Gasteiger partial charge in [0.15, 0.2) is 0 Å². The highest BCUT2D eigenvalue weighted by molar-refractivity contribution is 7.15. The van der Waals surface area contributed by atoms with Crippen LogP contribution in [0.25, 0.3) is 21.3 Å². The van der Waals surface area contributed by atoms with Crippen LogP contribution in [-0.4, -0.2) is 25.8 Å². The summed E-state index contributed by atoms with van der Waals surface area (Å²) in [6, 6.07) is 14.3. The minimum Gasteiger partial charge on any atom is -0.383 e. The largest absolute Gasteiger partial charge is 0.383 e. The number of hydrogen-bond acceptors (Lipinski definition) is 8. The van der Waals surface area contributed by atoms with Crippen LogP contribution in [0.1, 0.15) is 33.8 Å². The van der Waals surface area contributed by atoms with Crippen molar-refractivity contribution in [2.75, 3.05) is 11.1 Å². The second-order valence-electron chi connectivity index (χ2n) is 8.14. The van der Waals surface area contributed by atoms with E-state index >= 15 is 0 Å². The van der Waals surface area contributed by atoms with Gasteiger partial charge in [-0.15, -0.1) is 11.3 Å². The van der Waals surface area contributed by atoms with E-state index in [2.05, 4.69) is 30.6 Å². The number of aromatic nitrogens is 4. The minimum atomic E-state index is -0.451. The van der Waals surface area contributed by atoms with E-state index in [-0.39, 0.29) is 5.91 Å². The normalized spacial score (nSPS) is 11.8. The molecule has 0 aliphatic rings. The molecular formula is C26H22FN7OS. The highest BCUT2D eigenvalue weighted by Gasteiger charge is 2.16. The first-order chi connectivity index (χ1) is 17.5. The molecule has 1 amide bonds. The molecule has 5 aromatic rings. The third-order valence-electron chi connectivity index (χ3n) is 5.67. The van der Waals surface area contributed by atoms with Crippen molar-refractivity contribution < 1.29 is 9.18 Å². The summed E-state index contributed by atoms with van der Waals surface area (Å²) in [7, 11) is 0. The molecule has 180 valence electrons. The number of hydrogen-bond donors (Lipinski definition) is 3. The van der Waals surface area contributed by atoms with Crippen molar-refractivity contribution in [2.24, 2.45) is 0 Å². The number of nitrogen functional groups attached to an aromatic ring is 1. The number of fused-ring (bicyclic) bond motifs is 1. The van der Waals surface area contributed by atoms with Crippen LogP contribution in [0.4, 0.5) is 16.0 Å². The topological polar surface area (TPSA) is 119 Å². The minimum absolute atomic E-state index is 0.315. The maximum Gasteiger partial charge on any atom is 0.255 e. The van der Waals surface area contributed by atoms with Gasteiger partial charge < -0.3 is 16.4 Å². The molecule has 0 unspecified atom stereocenters. The Bertz CT molecular complexity index is 1550. The molecule has 4 N–H and O–H groups in total. The van der Waals surface area contributed by atoms with Crippen LogP contribution in [0.2, 0.25) is 0 Å². The summed E-state index contributed by atoms with van der Waals surface area (Å²) in [4.78, 5) is 31.6. The Labute approximate surface area is 210 Å². The molecule has 1 atom stereocenters. The first-order valence-corrected chi connectivity index (χ1v) is 12.0. The van der Waals surface area contributed by atoms with Crippen molar-refractivity contribution in [3.63, 3.8) is 0 Å². The fourth-order valence-corrected chi connectivity index (χ4v) is 4.72. The molecule has 8 nitrogen and oxygen atoms in total. The van der Waals surface area contributed by atoms with E-state index in [4.69, 9.17) is 5.73 Å². The van der Waals surface area contributed by atoms with Gasteiger partial charge in [-0.3, -0.25) is 9.78 Å². The van der Waals surface area contributed by atoms with Gasteiger partial charge in [-0.25, -0.2) is 19.3 Å². The quantitative estimate of drug-likeness (QED) is 0.289. The van der Waals surface area contributed by atoms with Crippen LogP contribution in [0.5, 0.6) is 0 Å². The van der Waals surface area contributed by atoms with Crippen LogP contribution in [0, 0.1) is 5.82 Å². The summed E-state index contributed by atoms with van der Waals surface area (Å²) >= 11 is 1.63. The molecule has 0 radical (unpaired) electrons. The summed E-state index contributed by atoms with van der Waals surface area (Å²) < 4.78 is 13.5. The Morgan fingerprint density at radius 3 is 2.86 bits per heavy atom. The molecule has 0 saturated carbocycles. The number of amides is 1. The zero-order valence-corrected chi connectivity index (χ0v) is 20.1. The average Bonchev–Trinajstić information content (AvgIpc) is 3.37. The van der Waals surface area contributed by atoms with Gasteiger partial charge in [0, 0.05) is 27.5 Å². The molecule has 4 heterocycles. The smallest absolute Gasteiger partial charge is 0.255 e. The van der Waals surface area contributed by atoms with Crippen LogP contribution < -0.4 is 16.4 Å². The van der Waals surface area contributed by atoms with Gasteiger partial charge in [0.25, 0.3) is 5.91 Å². The van der Waals surface area contributed by atoms with Crippen LogP contribution >= 0.6 is 11.3 Å². The lowest BCUT2D eigenvalue weighted by atomic mass is 10.1. The summed E-state index contributed by atoms with van der Waals surface area (Å²) in [5.41, 5.74) is 8.82. The molecule has 10 heteroatoms. The number of thiophene rings is 1. The summed E-state index contributed by atoms with van der Waals surface area (Å²) in [6.45, 7) is 2.27. The number of pyridine rings is 2. The summed E-state index contributed by atoms with van der Waals surface area (Å²) in [5, 5.41) is 6.96. The van der Waals surface area contributed by atoms with Crippen molar-refractivity contribution in [3.8, 4) is 10.4 Å². The number of carbonyl (C=O) groups is 1. The lowest BCUT2D eigenvalue weighted by Crippen LogP contribution is -2.27. The van der Waals surface area contributed by atoms with Gasteiger partial charge in [0.1, 0.15) is 23.8 Å². The van der Waals surface area contributed by atoms with Gasteiger partial charge >= 0.3 is 0 Å². The number of halogens is 1. The number of benzene rings is 1. The number of nitrogens with one attached hydrogen (secondary N) is 2. The van der Waals surface area contributed by atoms with E-state index in [0.717, 1.165) is 32.4 Å². The number of nitrogens with two attached hydrogens (primary N) is 1. The number of rotatable bonds is 7. The Hall–Kier alpha value is -4.44. The second kappa shape index (κ2) is 10.0. The van der Waals surface area contributed by atoms with Crippen LogP contribution in [0.15, 0.2) is 73.4 Å². The van der Waals surface area contributed by atoms with E-state index in [0.29, 0.717) is 29.3 Å². The third-order valence-corrected chi connectivity index (χ3v) is 6.80. The zero-order valence-electron chi connectivity index (χ0n) is 19.3. The Kier molecular flexibility index (Phi) is 6.50. The average molecular weight is 500 g/mol. The first kappa shape index (κ1) is 23.3. The molecular weight excluding hydrogens is 477 g/mol. The van der Waals surface area contributed by atoms with Gasteiger partial charge in [0.05, 0.1) is 29.9 Å². The number of carbonyl (C=O) groups excluding carboxylic acids is 1. The van der Waals surface area contributed by atoms with Crippen molar-refractivity contribution in [3.05, 3.63) is 95.3 Å². The Morgan fingerprint density at radius 2 is 2.00 bits per heavy atom. The standard InChI is InChI=1S/C26H22FN7OS/c1-15(17-9-18(27)12-29-11-17)34-26(35)20-3-2-8-30-25(20)31-13-19-5-7-23(36-19)16-4-6-22-21(10-16)24(28)33-14-32-22/h2-12,14-15H,13H2,1H3,(H,30,31)(H,34,35)(H2,28,32,33)/t15-/m0/s1. The fraction of sp³-hybridized carbons (Fsp3) is 0.115. The molecule has 0 bridgehead atoms. The SMILES string of the molecule is C[C@H](NC(=O)c1cccnc1NCc1ccc(-c2ccc3ncnc(N)c3c2)s1)c1cncc(F)c1. The maximum atomic E-state index is 13.5. The molecule has 36 heavy (non-hydrogen) atoms. The molecule has 0 aliphatic heterocycles. The Morgan fingerprint density at radius 1 is 1.11 bits per heavy atom. The van der Waals surface area contributed by atoms with Crippen molar-refractivity contribution in [1.29, 1.82) is 0 Å². The molecule has 0 saturated heterocycles. The maximum absolute atomic E-state index is 13.5. The third kappa shape index (κ3) is 4.98. The van der Waals surface area contributed by atoms with E-state index < -0.39 is 11.9 Å². The highest BCUT2D eigenvalue weighted by Crippen LogP contribution is 2.31. The first-order valence-electron chi connectivity index (χ1n) is 11.2. The summed E-state index contributed by atoms with van der Waals surface area (Å²) in [6.07, 6.45) is 5.74. The summed E-state index contributed by atoms with van der Waals surface area (Å²) in [5.74, 6) is 0.146. The fourth-order valence-electron chi connectivity index (χ4n) is 3.78. The van der Waals surface area contributed by atoms with E-state index in [1.165, 1.54) is 18.6 Å². The lowest BCUT2D eigenvalue weighted by Gasteiger charge is -2.16. The van der Waals surface area contributed by atoms with Gasteiger partial charge in [-0.05, 0) is 60.5 Å². The number of nitrogens with zero attached hydrogens (tertiary/aromatic N) is 4. The molecule has 1 aromatic carbocycles. The molecule has 4 aromatic heterocycles. The predicted molar refractivity (Wildman–Crippen MR) is 139 cm³/mol. The second-order valence-corrected chi connectivity index (χ2v) is 9.31. The number of anilines is 2. The Balaban J connectivity index is 1.29. The van der Waals surface area contributed by atoms with E-state index in [1.807, 2.05) is 30.3 Å². The van der Waals surface area contributed by atoms with Crippen molar-refractivity contribution in [1.82, 2.24) is 25.3 Å². The van der Waals surface area contributed by atoms with Crippen LogP contribution in [-0.2, 0) is 6.54 Å². The zero-order chi connectivity index (χ0) is 25.1. The van der Waals surface area contributed by atoms with E-state index in [9.17, 15) is 9.18 Å². The van der Waals surface area contributed by atoms with Crippen LogP contribution in [0.3, 0.4) is 0 Å². The molecule has 0 fully saturated rings. The monoisotopic (exact) mass is 499 g/mol. The lowest BCUT2D eigenvalue weighted by molar-refractivity contribution is 0.0940. The highest BCUT2D eigenvalue weighted by atomic mass is 32.1. The molecule has 0 spiro atoms. The van der Waals surface area contributed by atoms with Gasteiger partial charge in [0.2, 0.25) is 0 Å². The van der Waals surface area contributed by atoms with Crippen molar-refractivity contribution >= 4 is 39.8 Å². The van der Waals surface area contributed by atoms with E-state index in [1.54, 1.807) is 36.6 Å². The van der Waals surface area contributed by atoms with Gasteiger partial charge in [-0.2, -0.15) is 0 Å². The predicted octanol–water partition coefficient (Wildman–Crippen LogP) is 4.97.